The van der Waals surface area contributed by atoms with E-state index in [2.05, 4.69) is 5.32 Å². The molecule has 1 N–H and O–H groups in total. The third-order valence-electron chi connectivity index (χ3n) is 4.25. The minimum atomic E-state index is -3.14. The van der Waals surface area contributed by atoms with E-state index in [-0.39, 0.29) is 17.6 Å². The lowest BCUT2D eigenvalue weighted by atomic mass is 10.0. The molecule has 1 aromatic carbocycles. The third-order valence-corrected chi connectivity index (χ3v) is 6.16. The number of esters is 1. The summed E-state index contributed by atoms with van der Waals surface area (Å²) < 4.78 is 39.0. The lowest BCUT2D eigenvalue weighted by Gasteiger charge is -2.23. The average molecular weight is 426 g/mol. The van der Waals surface area contributed by atoms with Gasteiger partial charge in [0.2, 0.25) is 0 Å². The number of carbonyl (C=O) groups excluding carboxylic acids is 2. The number of sulfone groups is 1. The van der Waals surface area contributed by atoms with Gasteiger partial charge in [0.05, 0.1) is 30.3 Å². The number of methoxy groups -OCH3 is 1. The van der Waals surface area contributed by atoms with E-state index in [0.29, 0.717) is 23.5 Å². The maximum Gasteiger partial charge on any atom is 0.331 e. The Morgan fingerprint density at radius 3 is 2.59 bits per heavy atom. The summed E-state index contributed by atoms with van der Waals surface area (Å²) in [6.45, 7) is 5.00. The second-order valence-corrected chi connectivity index (χ2v) is 9.65. The van der Waals surface area contributed by atoms with Crippen LogP contribution in [0.25, 0.3) is 6.08 Å². The van der Waals surface area contributed by atoms with E-state index in [1.165, 1.54) is 19.3 Å². The van der Waals surface area contributed by atoms with Crippen molar-refractivity contribution in [2.45, 2.75) is 38.8 Å². The maximum absolute atomic E-state index is 12.0. The monoisotopic (exact) mass is 425 g/mol. The fourth-order valence-corrected chi connectivity index (χ4v) is 5.06. The van der Waals surface area contributed by atoms with Crippen molar-refractivity contribution in [2.24, 2.45) is 0 Å². The van der Waals surface area contributed by atoms with E-state index in [4.69, 9.17) is 14.2 Å². The van der Waals surface area contributed by atoms with E-state index < -0.39 is 33.9 Å². The molecule has 1 heterocycles. The van der Waals surface area contributed by atoms with Crippen LogP contribution in [0.5, 0.6) is 11.5 Å². The van der Waals surface area contributed by atoms with E-state index in [1.54, 1.807) is 25.1 Å². The van der Waals surface area contributed by atoms with E-state index >= 15 is 0 Å². The fraction of sp³-hybridized carbons (Fsp3) is 0.500. The van der Waals surface area contributed by atoms with Crippen molar-refractivity contribution in [3.63, 3.8) is 0 Å². The molecule has 0 spiro atoms. The molecule has 0 unspecified atom stereocenters. The Labute approximate surface area is 171 Å². The van der Waals surface area contributed by atoms with Gasteiger partial charge in [-0.15, -0.1) is 0 Å². The molecule has 0 saturated carbocycles. The van der Waals surface area contributed by atoms with E-state index in [9.17, 15) is 18.0 Å². The van der Waals surface area contributed by atoms with Crippen molar-refractivity contribution >= 4 is 27.8 Å². The first kappa shape index (κ1) is 22.7. The van der Waals surface area contributed by atoms with Crippen LogP contribution in [0.1, 0.15) is 32.8 Å². The lowest BCUT2D eigenvalue weighted by molar-refractivity contribution is -0.144. The molecule has 29 heavy (non-hydrogen) atoms. The predicted molar refractivity (Wildman–Crippen MR) is 109 cm³/mol. The molecule has 1 saturated heterocycles. The molecular formula is C20H27NO7S. The van der Waals surface area contributed by atoms with Gasteiger partial charge in [0.15, 0.2) is 27.9 Å². The van der Waals surface area contributed by atoms with Crippen molar-refractivity contribution in [2.75, 3.05) is 25.2 Å². The minimum Gasteiger partial charge on any atom is -0.493 e. The highest BCUT2D eigenvalue weighted by atomic mass is 32.2. The molecule has 1 atom stereocenters. The number of hydrogen-bond donors (Lipinski definition) is 1. The second kappa shape index (κ2) is 9.30. The van der Waals surface area contributed by atoms with Crippen LogP contribution in [0.3, 0.4) is 0 Å². The van der Waals surface area contributed by atoms with E-state index in [0.717, 1.165) is 0 Å². The fourth-order valence-electron chi connectivity index (χ4n) is 2.97. The zero-order valence-electron chi connectivity index (χ0n) is 17.1. The lowest BCUT2D eigenvalue weighted by Crippen LogP contribution is -2.48. The molecule has 0 aromatic heterocycles. The highest BCUT2D eigenvalue weighted by molar-refractivity contribution is 7.91. The van der Waals surface area contributed by atoms with Crippen LogP contribution in [0.15, 0.2) is 24.3 Å². The summed E-state index contributed by atoms with van der Waals surface area (Å²) in [5.41, 5.74) is -0.128. The van der Waals surface area contributed by atoms with Gasteiger partial charge in [0, 0.05) is 6.08 Å². The summed E-state index contributed by atoms with van der Waals surface area (Å²) >= 11 is 0. The van der Waals surface area contributed by atoms with Gasteiger partial charge in [0.25, 0.3) is 5.91 Å². The quantitative estimate of drug-likeness (QED) is 0.499. The number of amides is 1. The van der Waals surface area contributed by atoms with Crippen LogP contribution in [-0.2, 0) is 24.2 Å². The summed E-state index contributed by atoms with van der Waals surface area (Å²) in [5.74, 6) is -0.168. The normalized spacial score (nSPS) is 20.6. The van der Waals surface area contributed by atoms with Gasteiger partial charge in [-0.1, -0.05) is 6.07 Å². The smallest absolute Gasteiger partial charge is 0.331 e. The predicted octanol–water partition coefficient (Wildman–Crippen LogP) is 1.73. The number of rotatable bonds is 8. The van der Waals surface area contributed by atoms with Crippen LogP contribution < -0.4 is 14.8 Å². The highest BCUT2D eigenvalue weighted by Gasteiger charge is 2.39. The van der Waals surface area contributed by atoms with Crippen LogP contribution in [0.2, 0.25) is 0 Å². The van der Waals surface area contributed by atoms with Crippen LogP contribution in [0.4, 0.5) is 0 Å². The van der Waals surface area contributed by atoms with Crippen molar-refractivity contribution < 1.29 is 32.2 Å². The number of ether oxygens (including phenoxy) is 3. The molecular weight excluding hydrogens is 398 g/mol. The highest BCUT2D eigenvalue weighted by Crippen LogP contribution is 2.29. The Morgan fingerprint density at radius 1 is 1.28 bits per heavy atom. The standard InChI is InChI=1S/C20H27NO7S/c1-14(2)28-16-7-5-15(11-17(16)26-4)6-8-19(23)27-12-18(22)21-20(3)9-10-29(24,25)13-20/h5-8,11,14H,9-10,12-13H2,1-4H3,(H,21,22)/b8-6+/t20-/m1/s1. The van der Waals surface area contributed by atoms with Gasteiger partial charge in [-0.2, -0.15) is 0 Å². The van der Waals surface area contributed by atoms with E-state index in [1.807, 2.05) is 13.8 Å². The molecule has 2 rings (SSSR count). The first-order valence-electron chi connectivity index (χ1n) is 9.23. The van der Waals surface area contributed by atoms with Gasteiger partial charge < -0.3 is 19.5 Å². The molecule has 1 aromatic rings. The number of benzene rings is 1. The van der Waals surface area contributed by atoms with Gasteiger partial charge in [0.1, 0.15) is 0 Å². The summed E-state index contributed by atoms with van der Waals surface area (Å²) in [7, 11) is -1.61. The Kier molecular flexibility index (Phi) is 7.29. The SMILES string of the molecule is COc1cc(/C=C/C(=O)OCC(=O)N[C@]2(C)CCS(=O)(=O)C2)ccc1OC(C)C. The number of hydrogen-bond acceptors (Lipinski definition) is 7. The van der Waals surface area contributed by atoms with Crippen LogP contribution >= 0.6 is 0 Å². The van der Waals surface area contributed by atoms with Gasteiger partial charge >= 0.3 is 5.97 Å². The Bertz CT molecular complexity index is 892. The maximum atomic E-state index is 12.0. The van der Waals surface area contributed by atoms with Crippen molar-refractivity contribution in [3.05, 3.63) is 29.8 Å². The minimum absolute atomic E-state index is 0.00184. The third kappa shape index (κ3) is 7.08. The molecule has 8 nitrogen and oxygen atoms in total. The molecule has 1 fully saturated rings. The second-order valence-electron chi connectivity index (χ2n) is 7.47. The molecule has 0 aliphatic carbocycles. The van der Waals surface area contributed by atoms with Gasteiger partial charge in [-0.05, 0) is 51.0 Å². The summed E-state index contributed by atoms with van der Waals surface area (Å²) in [5, 5.41) is 2.63. The Hall–Kier alpha value is -2.55. The molecule has 1 aliphatic heterocycles. The first-order chi connectivity index (χ1) is 13.5. The van der Waals surface area contributed by atoms with Crippen LogP contribution in [0, 0.1) is 0 Å². The zero-order valence-corrected chi connectivity index (χ0v) is 17.9. The van der Waals surface area contributed by atoms with Crippen LogP contribution in [-0.4, -0.2) is 57.2 Å². The molecule has 0 radical (unpaired) electrons. The van der Waals surface area contributed by atoms with Crippen molar-refractivity contribution in [1.29, 1.82) is 0 Å². The molecule has 160 valence electrons. The molecule has 0 bridgehead atoms. The van der Waals surface area contributed by atoms with Gasteiger partial charge in [-0.25, -0.2) is 13.2 Å². The average Bonchev–Trinajstić information content (AvgIpc) is 2.91. The number of carbonyl (C=O) groups is 2. The number of nitrogens with one attached hydrogen (secondary N) is 1. The Morgan fingerprint density at radius 2 is 2.00 bits per heavy atom. The molecule has 9 heteroatoms. The summed E-state index contributed by atoms with van der Waals surface area (Å²) in [6.07, 6.45) is 3.07. The van der Waals surface area contributed by atoms with Crippen molar-refractivity contribution in [1.82, 2.24) is 5.32 Å². The van der Waals surface area contributed by atoms with Gasteiger partial charge in [-0.3, -0.25) is 4.79 Å². The largest absolute Gasteiger partial charge is 0.493 e. The zero-order chi connectivity index (χ0) is 21.7. The summed E-state index contributed by atoms with van der Waals surface area (Å²) in [4.78, 5) is 23.8. The molecule has 1 aliphatic rings. The first-order valence-corrected chi connectivity index (χ1v) is 11.0. The topological polar surface area (TPSA) is 108 Å². The van der Waals surface area contributed by atoms with Crippen molar-refractivity contribution in [3.8, 4) is 11.5 Å². The summed E-state index contributed by atoms with van der Waals surface area (Å²) in [6, 6.07) is 5.22. The molecule has 1 amide bonds. The Balaban J connectivity index is 1.87.